The maximum Gasteiger partial charge on any atom is 0.334 e. The van der Waals surface area contributed by atoms with Crippen LogP contribution in [0.5, 0.6) is 0 Å². The molecule has 0 aliphatic rings. The maximum atomic E-state index is 11.7. The van der Waals surface area contributed by atoms with E-state index in [2.05, 4.69) is 26.0 Å². The lowest BCUT2D eigenvalue weighted by molar-refractivity contribution is -0.154. The van der Waals surface area contributed by atoms with Crippen LogP contribution in [0, 0.1) is 56.2 Å². The molecule has 32 nitrogen and oxygen atoms in total. The number of carbonyl (C=O) groups excluding carboxylic acids is 11. The number of carbonyl (C=O) groups is 11. The number of esters is 5. The van der Waals surface area contributed by atoms with Gasteiger partial charge >= 0.3 is 72.7 Å². The highest BCUT2D eigenvalue weighted by molar-refractivity contribution is 6.67. The van der Waals surface area contributed by atoms with Crippen LogP contribution in [0.3, 0.4) is 0 Å². The number of nitrogens with zero attached hydrogens (tertiary/aromatic N) is 1. The van der Waals surface area contributed by atoms with Crippen LogP contribution in [0.1, 0.15) is 338 Å². The summed E-state index contributed by atoms with van der Waals surface area (Å²) < 4.78 is 84.5. The first kappa shape index (κ1) is 155. The topological polar surface area (TPSA) is 387 Å². The van der Waals surface area contributed by atoms with Crippen LogP contribution >= 0.6 is 0 Å². The van der Waals surface area contributed by atoms with Crippen LogP contribution in [0.2, 0.25) is 63.0 Å². The molecule has 4 N–H and O–H groups in total. The molecule has 37 heteroatoms. The van der Waals surface area contributed by atoms with Gasteiger partial charge in [0.05, 0.1) is 60.1 Å². The van der Waals surface area contributed by atoms with Crippen LogP contribution in [-0.4, -0.2) is 262 Å². The summed E-state index contributed by atoms with van der Waals surface area (Å²) in [5.41, 5.74) is -2.64. The fourth-order valence-corrected chi connectivity index (χ4v) is 16.6. The maximum absolute atomic E-state index is 11.7. The SMILES string of the molecule is CCC(C)(C)C(=O)N(C)C.CCC(C)(C)C(=O)OCCC[Si](C)(OC)OC.CCC(C)(C)C(=O)OCCC[Si](C)(OC)OC.CCC(C)(C)C(=O)OCCC[Si](C)(OC)OC.CCC(C)(C)C(=O)OCCC[Si](C)(OC)OC.CCC(C)(C)C(=O)OCCC[Si](C)(OC)OC.CCC(C)C(=O)NC(C)(C)C.CCC(C)C(=O)NC(C)(C)CC(C)=O.CCC(C)C(=O)NC(C)C.CCC(C)C(=O)NCOC. The standard InChI is InChI=1S/5C12H26O4Si.C11H21NO2.C9H19NO.2C8H17NO.C7H15NO2/c5*1-7-12(2,3)11(13)16-9-8-10-17(6,14-4)15-5;1-6-8(2)10(14)12-11(4,5)7-9(3)13;1-6-7(2)8(11)10-9(3,4)5;1-6-8(2,3)7(10)9(4)5;1-5-7(4)8(10)9-6(2)3;1-4-6(2)7(9)8-5-10-3/h5*7-10H2,1-6H3;8H,6-7H2,1-5H3,(H,12,14);7H,6H2,1-5H3,(H,10,11);6H2,1-5H3;6-7H,5H2,1-4H3,(H,9,10);6H,4-5H2,1-3H3,(H,8,9). The number of ketones is 1. The number of nitrogens with one attached hydrogen (secondary N) is 4. The molecule has 0 spiro atoms. The van der Waals surface area contributed by atoms with Crippen molar-refractivity contribution < 1.29 is 125 Å². The second-order valence-electron chi connectivity index (χ2n) is 42.4. The van der Waals surface area contributed by atoms with E-state index in [0.717, 1.165) is 127 Å². The Balaban J connectivity index is -0.000000169. The van der Waals surface area contributed by atoms with E-state index in [1.165, 1.54) is 6.92 Å². The third kappa shape index (κ3) is 80.2. The van der Waals surface area contributed by atoms with Crippen molar-refractivity contribution in [3.8, 4) is 0 Å². The zero-order chi connectivity index (χ0) is 113. The second-order valence-corrected chi connectivity index (χ2v) is 60.3. The molecule has 0 aliphatic heterocycles. The van der Waals surface area contributed by atoms with Crippen molar-refractivity contribution >= 4 is 108 Å². The summed E-state index contributed by atoms with van der Waals surface area (Å²) in [5, 5.41) is 11.3. The highest BCUT2D eigenvalue weighted by Crippen LogP contribution is 2.29. The molecule has 838 valence electrons. The first-order valence-electron chi connectivity index (χ1n) is 50.7. The van der Waals surface area contributed by atoms with E-state index in [9.17, 15) is 52.7 Å². The van der Waals surface area contributed by atoms with E-state index in [1.54, 1.807) is 97.2 Å². The number of amides is 5. The van der Waals surface area contributed by atoms with Gasteiger partial charge in [0.1, 0.15) is 12.5 Å². The predicted octanol–water partition coefficient (Wildman–Crippen LogP) is 21.3. The molecule has 0 aromatic carbocycles. The number of Topliss-reactive ketones (excluding diaryl/α,β-unsaturated/α-hetero) is 1. The largest absolute Gasteiger partial charge is 0.465 e. The Morgan fingerprint density at radius 1 is 0.300 bits per heavy atom. The normalized spacial score (nSPS) is 12.8. The molecular weight excluding hydrogens is 1880 g/mol. The third-order valence-electron chi connectivity index (χ3n) is 25.1. The number of methoxy groups -OCH3 is 1. The van der Waals surface area contributed by atoms with Crippen molar-refractivity contribution in [2.45, 2.75) is 418 Å². The van der Waals surface area contributed by atoms with E-state index < -0.39 is 48.3 Å². The number of hydrogen-bond acceptors (Lipinski definition) is 27. The van der Waals surface area contributed by atoms with Crippen molar-refractivity contribution in [1.82, 2.24) is 26.2 Å². The zero-order valence-corrected chi connectivity index (χ0v) is 104. The smallest absolute Gasteiger partial charge is 0.334 e. The molecule has 0 saturated heterocycles. The van der Waals surface area contributed by atoms with Gasteiger partial charge < -0.3 is 98.8 Å². The van der Waals surface area contributed by atoms with Crippen LogP contribution in [0.25, 0.3) is 0 Å². The monoisotopic (exact) mass is 2100 g/mol. The van der Waals surface area contributed by atoms with Crippen molar-refractivity contribution in [2.75, 3.05) is 132 Å². The Morgan fingerprint density at radius 3 is 0.657 bits per heavy atom. The summed E-state index contributed by atoms with van der Waals surface area (Å²) in [6.45, 7) is 78.3. The molecule has 0 aromatic heterocycles. The summed E-state index contributed by atoms with van der Waals surface area (Å²) in [6.07, 6.45) is 12.7. The third-order valence-corrected chi connectivity index (χ3v) is 40.1. The minimum Gasteiger partial charge on any atom is -0.465 e. The van der Waals surface area contributed by atoms with Gasteiger partial charge in [0.2, 0.25) is 29.5 Å². The Kier molecular flexibility index (Phi) is 89.9. The van der Waals surface area contributed by atoms with Gasteiger partial charge in [-0.15, -0.1) is 0 Å². The average molecular weight is 2100 g/mol. The molecule has 0 saturated carbocycles. The van der Waals surface area contributed by atoms with Crippen molar-refractivity contribution in [1.29, 1.82) is 0 Å². The van der Waals surface area contributed by atoms with Crippen LogP contribution < -0.4 is 21.3 Å². The number of hydrogen-bond donors (Lipinski definition) is 4. The first-order valence-corrected chi connectivity index (χ1v) is 63.3. The lowest BCUT2D eigenvalue weighted by Gasteiger charge is -2.26. The number of ether oxygens (including phenoxy) is 6. The van der Waals surface area contributed by atoms with Gasteiger partial charge in [-0.25, -0.2) is 0 Å². The van der Waals surface area contributed by atoms with E-state index in [4.69, 9.17) is 67.9 Å². The van der Waals surface area contributed by atoms with Gasteiger partial charge in [-0.3, -0.25) is 52.7 Å². The van der Waals surface area contributed by atoms with E-state index in [0.29, 0.717) is 46.2 Å². The van der Waals surface area contributed by atoms with Crippen molar-refractivity contribution in [2.24, 2.45) is 56.2 Å². The van der Waals surface area contributed by atoms with Gasteiger partial charge in [-0.05, 0) is 284 Å². The molecule has 0 fully saturated rings. The number of rotatable bonds is 56. The Bertz CT molecular complexity index is 2970. The van der Waals surface area contributed by atoms with E-state index >= 15 is 0 Å². The van der Waals surface area contributed by atoms with Crippen LogP contribution in [0.15, 0.2) is 0 Å². The molecule has 0 aliphatic carbocycles. The lowest BCUT2D eigenvalue weighted by Crippen LogP contribution is -2.46. The van der Waals surface area contributed by atoms with Crippen molar-refractivity contribution in [3.05, 3.63) is 0 Å². The zero-order valence-electron chi connectivity index (χ0n) is 99.4. The molecule has 4 atom stereocenters. The summed E-state index contributed by atoms with van der Waals surface area (Å²) >= 11 is 0. The summed E-state index contributed by atoms with van der Waals surface area (Å²) in [6, 6.07) is 4.43. The lowest BCUT2D eigenvalue weighted by atomic mass is 9.89. The Morgan fingerprint density at radius 2 is 0.500 bits per heavy atom. The molecule has 0 heterocycles. The molecule has 0 aromatic rings. The van der Waals surface area contributed by atoms with Crippen LogP contribution in [-0.2, 0) is 125 Å². The molecule has 0 bridgehead atoms. The van der Waals surface area contributed by atoms with Gasteiger partial charge in [0.15, 0.2) is 0 Å². The Hall–Kier alpha value is -4.99. The van der Waals surface area contributed by atoms with E-state index in [-0.39, 0.29) is 133 Å². The second kappa shape index (κ2) is 81.1. The molecule has 5 amide bonds. The quantitative estimate of drug-likeness (QED) is 0.0144. The highest BCUT2D eigenvalue weighted by Gasteiger charge is 2.37. The molecule has 4 unspecified atom stereocenters. The first-order chi connectivity index (χ1) is 63.9. The predicted molar refractivity (Wildman–Crippen MR) is 580 cm³/mol. The summed E-state index contributed by atoms with van der Waals surface area (Å²) in [7, 11) is 11.7. The molecular formula is C103H219N5O27Si5. The fourth-order valence-electron chi connectivity index (χ4n) is 9.79. The summed E-state index contributed by atoms with van der Waals surface area (Å²) in [4.78, 5) is 127. The van der Waals surface area contributed by atoms with Crippen molar-refractivity contribution in [3.63, 3.8) is 0 Å². The van der Waals surface area contributed by atoms with E-state index in [1.807, 2.05) is 261 Å². The Labute approximate surface area is 861 Å². The fraction of sp³-hybridized carbons (Fsp3) is 0.893. The molecule has 140 heavy (non-hydrogen) atoms. The highest BCUT2D eigenvalue weighted by atomic mass is 28.4. The average Bonchev–Trinajstić information content (AvgIpc) is 0.872. The minimum atomic E-state index is -2.01. The minimum absolute atomic E-state index is 0.0150. The summed E-state index contributed by atoms with van der Waals surface area (Å²) in [5.74, 6) is 0.467. The molecule has 0 radical (unpaired) electrons. The van der Waals surface area contributed by atoms with Gasteiger partial charge in [0, 0.05) is 145 Å². The van der Waals surface area contributed by atoms with Gasteiger partial charge in [0.25, 0.3) is 0 Å². The van der Waals surface area contributed by atoms with Gasteiger partial charge in [-0.2, -0.15) is 0 Å². The van der Waals surface area contributed by atoms with Crippen LogP contribution in [0.4, 0.5) is 0 Å². The molecule has 0 rings (SSSR count). The van der Waals surface area contributed by atoms with Gasteiger partial charge in [-0.1, -0.05) is 111 Å².